The first-order valence-electron chi connectivity index (χ1n) is 3.90. The van der Waals surface area contributed by atoms with Crippen molar-refractivity contribution in [3.05, 3.63) is 37.0 Å². The predicted molar refractivity (Wildman–Crippen MR) is 56.8 cm³/mol. The summed E-state index contributed by atoms with van der Waals surface area (Å²) in [6.45, 7) is 20.4. The summed E-state index contributed by atoms with van der Waals surface area (Å²) < 4.78 is 0. The van der Waals surface area contributed by atoms with Gasteiger partial charge in [0.05, 0.1) is 0 Å². The van der Waals surface area contributed by atoms with E-state index in [9.17, 15) is 0 Å². The van der Waals surface area contributed by atoms with Crippen LogP contribution in [-0.4, -0.2) is 0 Å². The zero-order chi connectivity index (χ0) is 9.86. The lowest BCUT2D eigenvalue weighted by Gasteiger charge is -1.71. The molecule has 0 aromatic rings. The highest BCUT2D eigenvalue weighted by Gasteiger charge is 1.59. The van der Waals surface area contributed by atoms with Crippen LogP contribution in [0.5, 0.6) is 0 Å². The second kappa shape index (κ2) is 16.1. The molecule has 0 bridgehead atoms. The van der Waals surface area contributed by atoms with Crippen LogP contribution in [0.3, 0.4) is 0 Å². The minimum atomic E-state index is 1.02. The third kappa shape index (κ3) is 323. The Kier molecular flexibility index (Phi) is 24.4. The Hall–Kier alpha value is -0.780. The molecule has 0 heterocycles. The van der Waals surface area contributed by atoms with Crippen LogP contribution in [0.15, 0.2) is 37.0 Å². The van der Waals surface area contributed by atoms with Gasteiger partial charge in [0.25, 0.3) is 0 Å². The Bertz CT molecular complexity index is 103. The number of hydrogen-bond acceptors (Lipinski definition) is 0. The molecule has 0 heteroatoms. The van der Waals surface area contributed by atoms with Gasteiger partial charge in [-0.3, -0.25) is 0 Å². The first kappa shape index (κ1) is 16.7. The molecule has 0 saturated heterocycles. The molecule has 0 atom stereocenters. The molecule has 66 valence electrons. The summed E-state index contributed by atoms with van der Waals surface area (Å²) in [7, 11) is 0. The molecular formula is C11H22. The van der Waals surface area contributed by atoms with Gasteiger partial charge in [-0.15, -0.1) is 6.58 Å². The van der Waals surface area contributed by atoms with Gasteiger partial charge in [0.15, 0.2) is 0 Å². The fourth-order valence-corrected chi connectivity index (χ4v) is 0. The van der Waals surface area contributed by atoms with E-state index in [4.69, 9.17) is 0 Å². The second-order valence-corrected chi connectivity index (χ2v) is 2.26. The normalized spacial score (nSPS) is 5.91. The monoisotopic (exact) mass is 154 g/mol. The SMILES string of the molecule is C=C(C)C.C=CC(=C)C.CC. The number of hydrogen-bond donors (Lipinski definition) is 0. The van der Waals surface area contributed by atoms with Crippen molar-refractivity contribution in [1.29, 1.82) is 0 Å². The molecule has 0 aliphatic rings. The Labute approximate surface area is 72.3 Å². The molecule has 0 amide bonds. The van der Waals surface area contributed by atoms with Crippen LogP contribution in [0.25, 0.3) is 0 Å². The van der Waals surface area contributed by atoms with Gasteiger partial charge in [-0.1, -0.05) is 44.2 Å². The largest absolute Gasteiger partial charge is 0.100 e. The molecule has 0 N–H and O–H groups in total. The first-order valence-corrected chi connectivity index (χ1v) is 3.90. The maximum absolute atomic E-state index is 3.56. The summed E-state index contributed by atoms with van der Waals surface area (Å²) in [6.07, 6.45) is 1.72. The molecule has 0 aliphatic heterocycles. The van der Waals surface area contributed by atoms with Crippen molar-refractivity contribution in [3.63, 3.8) is 0 Å². The Morgan fingerprint density at radius 2 is 1.09 bits per heavy atom. The molecular weight excluding hydrogens is 132 g/mol. The van der Waals surface area contributed by atoms with E-state index >= 15 is 0 Å². The first-order chi connectivity index (χ1) is 5.00. The van der Waals surface area contributed by atoms with E-state index < -0.39 is 0 Å². The van der Waals surface area contributed by atoms with Gasteiger partial charge < -0.3 is 0 Å². The van der Waals surface area contributed by atoms with Crippen LogP contribution in [0, 0.1) is 0 Å². The third-order valence-electron chi connectivity index (χ3n) is 0.348. The third-order valence-corrected chi connectivity index (χ3v) is 0.348. The molecule has 11 heavy (non-hydrogen) atoms. The minimum Gasteiger partial charge on any atom is -0.100 e. The summed E-state index contributed by atoms with van der Waals surface area (Å²) in [4.78, 5) is 0. The van der Waals surface area contributed by atoms with Gasteiger partial charge in [0.1, 0.15) is 0 Å². The van der Waals surface area contributed by atoms with Crippen molar-refractivity contribution in [1.82, 2.24) is 0 Å². The molecule has 0 saturated carbocycles. The minimum absolute atomic E-state index is 1.02. The molecule has 0 nitrogen and oxygen atoms in total. The smallest absolute Gasteiger partial charge is 0.0404 e. The summed E-state index contributed by atoms with van der Waals surface area (Å²) in [5.74, 6) is 0. The Morgan fingerprint density at radius 3 is 1.09 bits per heavy atom. The molecule has 0 aromatic heterocycles. The maximum Gasteiger partial charge on any atom is -0.0404 e. The van der Waals surface area contributed by atoms with Gasteiger partial charge in [-0.05, 0) is 20.8 Å². The summed E-state index contributed by atoms with van der Waals surface area (Å²) in [5.41, 5.74) is 2.19. The fourth-order valence-electron chi connectivity index (χ4n) is 0. The average Bonchev–Trinajstić information content (AvgIpc) is 1.91. The number of rotatable bonds is 1. The Morgan fingerprint density at radius 1 is 1.00 bits per heavy atom. The van der Waals surface area contributed by atoms with Crippen molar-refractivity contribution < 1.29 is 0 Å². The highest BCUT2D eigenvalue weighted by Crippen LogP contribution is 1.81. The fraction of sp³-hybridized carbons (Fsp3) is 0.455. The summed E-state index contributed by atoms with van der Waals surface area (Å²) in [6, 6.07) is 0. The van der Waals surface area contributed by atoms with E-state index in [1.54, 1.807) is 6.08 Å². The van der Waals surface area contributed by atoms with E-state index in [1.165, 1.54) is 5.57 Å². The molecule has 0 radical (unpaired) electrons. The van der Waals surface area contributed by atoms with E-state index in [0.29, 0.717) is 0 Å². The molecule has 0 fully saturated rings. The highest BCUT2D eigenvalue weighted by molar-refractivity contribution is 5.05. The zero-order valence-electron chi connectivity index (χ0n) is 8.70. The quantitative estimate of drug-likeness (QED) is 0.389. The summed E-state index contributed by atoms with van der Waals surface area (Å²) >= 11 is 0. The maximum atomic E-state index is 3.56. The van der Waals surface area contributed by atoms with Crippen LogP contribution in [0.4, 0.5) is 0 Å². The van der Waals surface area contributed by atoms with E-state index in [0.717, 1.165) is 5.57 Å². The van der Waals surface area contributed by atoms with Crippen LogP contribution in [0.1, 0.15) is 34.6 Å². The molecule has 0 unspecified atom stereocenters. The molecule has 0 aromatic carbocycles. The molecule has 0 spiro atoms. The van der Waals surface area contributed by atoms with Crippen LogP contribution >= 0.6 is 0 Å². The van der Waals surface area contributed by atoms with E-state index in [2.05, 4.69) is 19.7 Å². The lowest BCUT2D eigenvalue weighted by Crippen LogP contribution is -1.50. The zero-order valence-corrected chi connectivity index (χ0v) is 8.70. The van der Waals surface area contributed by atoms with Crippen LogP contribution in [-0.2, 0) is 0 Å². The van der Waals surface area contributed by atoms with Gasteiger partial charge in [0.2, 0.25) is 0 Å². The van der Waals surface area contributed by atoms with Crippen molar-refractivity contribution in [2.24, 2.45) is 0 Å². The van der Waals surface area contributed by atoms with E-state index in [-0.39, 0.29) is 0 Å². The molecule has 0 rings (SSSR count). The standard InChI is InChI=1S/C5H8.C4H8.C2H6/c1-4-5(2)3;1-4(2)3;1-2/h4H,1-2H2,3H3;1H2,2-3H3;1-2H3. The second-order valence-electron chi connectivity index (χ2n) is 2.26. The van der Waals surface area contributed by atoms with Crippen molar-refractivity contribution in [3.8, 4) is 0 Å². The molecule has 0 aliphatic carbocycles. The lowest BCUT2D eigenvalue weighted by molar-refractivity contribution is 1.42. The van der Waals surface area contributed by atoms with Crippen LogP contribution < -0.4 is 0 Å². The van der Waals surface area contributed by atoms with Crippen LogP contribution in [0.2, 0.25) is 0 Å². The highest BCUT2D eigenvalue weighted by atomic mass is 13.7. The van der Waals surface area contributed by atoms with Crippen molar-refractivity contribution in [2.45, 2.75) is 34.6 Å². The van der Waals surface area contributed by atoms with Gasteiger partial charge in [-0.25, -0.2) is 0 Å². The average molecular weight is 154 g/mol. The predicted octanol–water partition coefficient (Wildman–Crippen LogP) is 4.36. The topological polar surface area (TPSA) is 0 Å². The Balaban J connectivity index is -0.0000000965. The summed E-state index contributed by atoms with van der Waals surface area (Å²) in [5, 5.41) is 0. The lowest BCUT2D eigenvalue weighted by atomic mass is 10.4. The number of allylic oxidation sites excluding steroid dienone is 3. The van der Waals surface area contributed by atoms with Gasteiger partial charge in [-0.2, -0.15) is 0 Å². The van der Waals surface area contributed by atoms with Crippen molar-refractivity contribution >= 4 is 0 Å². The van der Waals surface area contributed by atoms with E-state index in [1.807, 2.05) is 34.6 Å². The van der Waals surface area contributed by atoms with Gasteiger partial charge in [0, 0.05) is 0 Å². The van der Waals surface area contributed by atoms with Crippen molar-refractivity contribution in [2.75, 3.05) is 0 Å². The van der Waals surface area contributed by atoms with Gasteiger partial charge >= 0.3 is 0 Å².